The molecule has 0 spiro atoms. The fourth-order valence-electron chi connectivity index (χ4n) is 11.6. The molecule has 7 rings (SSSR count). The Labute approximate surface area is 404 Å². The van der Waals surface area contributed by atoms with Gasteiger partial charge in [-0.25, -0.2) is 9.59 Å². The van der Waals surface area contributed by atoms with Crippen LogP contribution in [0.25, 0.3) is 0 Å². The van der Waals surface area contributed by atoms with E-state index in [1.165, 1.54) is 26.0 Å². The molecule has 0 radical (unpaired) electrons. The van der Waals surface area contributed by atoms with Crippen molar-refractivity contribution in [2.45, 2.75) is 147 Å². The van der Waals surface area contributed by atoms with E-state index in [2.05, 4.69) is 5.32 Å². The van der Waals surface area contributed by atoms with Crippen molar-refractivity contribution in [3.63, 3.8) is 0 Å². The second kappa shape index (κ2) is 19.7. The van der Waals surface area contributed by atoms with Gasteiger partial charge in [-0.2, -0.15) is 0 Å². The summed E-state index contributed by atoms with van der Waals surface area (Å²) < 4.78 is 38.3. The van der Waals surface area contributed by atoms with Crippen molar-refractivity contribution in [3.8, 4) is 0 Å². The molecule has 3 fully saturated rings. The first-order valence-corrected chi connectivity index (χ1v) is 26.4. The Balaban J connectivity index is 1.44. The largest absolute Gasteiger partial charge is 0.456 e. The molecule has 2 bridgehead atoms. The lowest BCUT2D eigenvalue weighted by atomic mass is 9.44. The van der Waals surface area contributed by atoms with E-state index >= 15 is 9.59 Å². The number of carbonyl (C=O) groups excluding carboxylic acids is 6. The van der Waals surface area contributed by atoms with Gasteiger partial charge in [-0.1, -0.05) is 101 Å². The zero-order valence-corrected chi connectivity index (χ0v) is 41.8. The topological polar surface area (TPSA) is 210 Å². The molecule has 16 heteroatoms. The van der Waals surface area contributed by atoms with E-state index in [1.807, 2.05) is 26.8 Å². The highest BCUT2D eigenvalue weighted by atomic mass is 28.4. The Morgan fingerprint density at radius 3 is 1.90 bits per heavy atom. The Bertz CT molecular complexity index is 2450. The van der Waals surface area contributed by atoms with Crippen LogP contribution in [0.15, 0.2) is 102 Å². The minimum Gasteiger partial charge on any atom is -0.456 e. The minimum atomic E-state index is -2.74. The second-order valence-electron chi connectivity index (χ2n) is 19.7. The molecule has 0 aromatic heterocycles. The van der Waals surface area contributed by atoms with E-state index in [1.54, 1.807) is 93.6 Å². The molecular weight excluding hydrogens is 903 g/mol. The monoisotopic (exact) mass is 967 g/mol. The van der Waals surface area contributed by atoms with Gasteiger partial charge in [-0.15, -0.1) is 0 Å². The van der Waals surface area contributed by atoms with E-state index in [-0.39, 0.29) is 29.7 Å². The van der Waals surface area contributed by atoms with Crippen LogP contribution < -0.4 is 5.32 Å². The van der Waals surface area contributed by atoms with Gasteiger partial charge in [0.1, 0.15) is 23.9 Å². The van der Waals surface area contributed by atoms with E-state index in [9.17, 15) is 29.4 Å². The van der Waals surface area contributed by atoms with Crippen LogP contribution in [0.4, 0.5) is 0 Å². The normalized spacial score (nSPS) is 30.1. The number of nitrogens with one attached hydrogen (secondary N) is 1. The van der Waals surface area contributed by atoms with Gasteiger partial charge in [0.05, 0.1) is 35.6 Å². The number of hydrogen-bond donors (Lipinski definition) is 3. The summed E-state index contributed by atoms with van der Waals surface area (Å²) in [7, 11) is -2.74. The molecule has 1 amide bonds. The second-order valence-corrected chi connectivity index (χ2v) is 24.4. The molecule has 4 aliphatic rings. The van der Waals surface area contributed by atoms with Crippen molar-refractivity contribution in [1.29, 1.82) is 0 Å². The lowest BCUT2D eigenvalue weighted by Crippen LogP contribution is -2.82. The molecule has 2 saturated carbocycles. The maximum Gasteiger partial charge on any atom is 0.338 e. The van der Waals surface area contributed by atoms with Gasteiger partial charge in [0, 0.05) is 37.7 Å². The summed E-state index contributed by atoms with van der Waals surface area (Å²) in [4.78, 5) is 86.2. The summed E-state index contributed by atoms with van der Waals surface area (Å²) in [5.74, 6) is -6.25. The maximum absolute atomic E-state index is 15.8. The van der Waals surface area contributed by atoms with Crippen molar-refractivity contribution in [2.75, 3.05) is 6.61 Å². The van der Waals surface area contributed by atoms with Crippen molar-refractivity contribution in [1.82, 2.24) is 5.32 Å². The van der Waals surface area contributed by atoms with Gasteiger partial charge in [0.2, 0.25) is 0 Å². The van der Waals surface area contributed by atoms with E-state index in [0.29, 0.717) is 29.3 Å². The Kier molecular flexibility index (Phi) is 14.7. The predicted molar refractivity (Wildman–Crippen MR) is 254 cm³/mol. The number of esters is 4. The number of fused-ring (bicyclic) bond motifs is 5. The van der Waals surface area contributed by atoms with E-state index in [4.69, 9.17) is 28.1 Å². The van der Waals surface area contributed by atoms with Gasteiger partial charge >= 0.3 is 23.9 Å². The summed E-state index contributed by atoms with van der Waals surface area (Å²) in [5.41, 5.74) is -6.50. The molecule has 3 aromatic carbocycles. The number of aliphatic hydroxyl groups is 2. The highest BCUT2D eigenvalue weighted by Gasteiger charge is 2.78. The Morgan fingerprint density at radius 1 is 0.812 bits per heavy atom. The number of rotatable bonds is 15. The lowest BCUT2D eigenvalue weighted by molar-refractivity contribution is -0.346. The Hall–Kier alpha value is -5.52. The molecule has 3 N–H and O–H groups in total. The number of hydrogen-bond acceptors (Lipinski definition) is 14. The van der Waals surface area contributed by atoms with Crippen molar-refractivity contribution < 1.29 is 67.1 Å². The lowest BCUT2D eigenvalue weighted by Gasteiger charge is -2.67. The zero-order chi connectivity index (χ0) is 50.3. The van der Waals surface area contributed by atoms with Gasteiger partial charge < -0.3 is 43.6 Å². The summed E-state index contributed by atoms with van der Waals surface area (Å²) >= 11 is 0. The van der Waals surface area contributed by atoms with Crippen molar-refractivity contribution in [3.05, 3.63) is 119 Å². The molecule has 69 heavy (non-hydrogen) atoms. The summed E-state index contributed by atoms with van der Waals surface area (Å²) in [6, 6.07) is 26.2. The SMILES string of the molecule is CC[Si](CC)(CC)O[C@@H](C(=O)O[C@H]1C[C@@]2(O)C(OC(=O)c3ccccc3)C3[C@](C)(C(=O)[C@H](OC(C)=O)C(=C1C)C2(C)C)[C@@H](O)C[C@H]1OC[C@@]31OC(C)=O)[C@@H](NC(=O)c1ccccc1)c1ccccc1. The molecule has 1 heterocycles. The van der Waals surface area contributed by atoms with Gasteiger partial charge in [-0.3, -0.25) is 19.2 Å². The molecule has 15 nitrogen and oxygen atoms in total. The molecule has 3 aliphatic carbocycles. The molecule has 370 valence electrons. The fraction of sp³-hybridized carbons (Fsp3) is 0.509. The van der Waals surface area contributed by atoms with E-state index in [0.717, 1.165) is 6.92 Å². The highest BCUT2D eigenvalue weighted by molar-refractivity contribution is 6.73. The first kappa shape index (κ1) is 51.3. The van der Waals surface area contributed by atoms with E-state index < -0.39 is 121 Å². The van der Waals surface area contributed by atoms with Crippen LogP contribution in [0.2, 0.25) is 18.1 Å². The Morgan fingerprint density at radius 2 is 1.38 bits per heavy atom. The molecular formula is C53H65NO14Si. The number of benzene rings is 3. The molecule has 3 aromatic rings. The quantitative estimate of drug-likeness (QED) is 0.0622. The van der Waals surface area contributed by atoms with Crippen LogP contribution in [0.5, 0.6) is 0 Å². The summed E-state index contributed by atoms with van der Waals surface area (Å²) in [5, 5.41) is 29.3. The average molecular weight is 968 g/mol. The number of aliphatic hydroxyl groups excluding tert-OH is 1. The van der Waals surface area contributed by atoms with Crippen LogP contribution >= 0.6 is 0 Å². The number of Topliss-reactive ketones (excluding diaryl/α,β-unsaturated/α-hetero) is 1. The third-order valence-corrected chi connectivity index (χ3v) is 20.4. The summed E-state index contributed by atoms with van der Waals surface area (Å²) in [6.07, 6.45) is -9.69. The zero-order valence-electron chi connectivity index (χ0n) is 40.8. The maximum atomic E-state index is 15.8. The van der Waals surface area contributed by atoms with Crippen LogP contribution in [0.3, 0.4) is 0 Å². The average Bonchev–Trinajstić information content (AvgIpc) is 3.33. The highest BCUT2D eigenvalue weighted by Crippen LogP contribution is 2.64. The first-order chi connectivity index (χ1) is 32.6. The molecule has 11 atom stereocenters. The van der Waals surface area contributed by atoms with Crippen molar-refractivity contribution in [2.24, 2.45) is 16.7 Å². The summed E-state index contributed by atoms with van der Waals surface area (Å²) in [6.45, 7) is 14.3. The first-order valence-electron chi connectivity index (χ1n) is 23.8. The molecule has 1 saturated heterocycles. The number of carbonyl (C=O) groups is 6. The fourth-order valence-corrected chi connectivity index (χ4v) is 14.3. The molecule has 2 unspecified atom stereocenters. The van der Waals surface area contributed by atoms with Crippen LogP contribution in [0, 0.1) is 16.7 Å². The number of amides is 1. The molecule has 1 aliphatic heterocycles. The third kappa shape index (κ3) is 8.98. The van der Waals surface area contributed by atoms with Crippen LogP contribution in [-0.4, -0.2) is 109 Å². The van der Waals surface area contributed by atoms with Gasteiger partial charge in [0.25, 0.3) is 5.91 Å². The van der Waals surface area contributed by atoms with Crippen LogP contribution in [-0.2, 0) is 47.3 Å². The van der Waals surface area contributed by atoms with Gasteiger partial charge in [0.15, 0.2) is 31.9 Å². The minimum absolute atomic E-state index is 0.0595. The van der Waals surface area contributed by atoms with Gasteiger partial charge in [-0.05, 0) is 73.0 Å². The number of ketones is 1. The van der Waals surface area contributed by atoms with Crippen molar-refractivity contribution >= 4 is 43.9 Å². The van der Waals surface area contributed by atoms with Crippen LogP contribution in [0.1, 0.15) is 107 Å². The number of ether oxygens (including phenoxy) is 5. The predicted octanol–water partition coefficient (Wildman–Crippen LogP) is 6.77. The standard InChI is InChI=1S/C53H65NO14Si/c1-10-69(11-2,12-3)68-43(41(34-22-16-13-17-23-34)54-47(59)35-24-18-14-19-25-35)49(61)65-37-29-53(62)46(66-48(60)36-26-20-15-21-27-36)44-51(9,38(57)28-39-52(44,30-63-39)67-33(6)56)45(58)42(64-32(5)55)40(31(37)4)50(53,7)8/h13-27,37-39,41-44,46,57,62H,10-12,28-30H2,1-9H3,(H,54,59)/t37-,38-,39+,41-,42+,43+,44?,46?,51+,52-,53+/m0/s1. The third-order valence-electron chi connectivity index (χ3n) is 15.8. The smallest absolute Gasteiger partial charge is 0.338 e.